The number of rotatable bonds is 17. The number of carbonyl (C=O) groups excluding carboxylic acids is 2. The van der Waals surface area contributed by atoms with E-state index in [2.05, 4.69) is 15.8 Å². The SMILES string of the molecule is CC(C)(C)OC(=O)NCCCOCCOCCOCCCNC(=O)C[n+]1ccc(/C=N/O)cc1. The number of nitrogens with one attached hydrogen (secondary N) is 2. The summed E-state index contributed by atoms with van der Waals surface area (Å²) in [5, 5.41) is 17.0. The van der Waals surface area contributed by atoms with Crippen LogP contribution in [0.15, 0.2) is 29.7 Å². The van der Waals surface area contributed by atoms with Crippen LogP contribution in [0.1, 0.15) is 39.2 Å². The molecule has 0 aromatic carbocycles. The third-order valence-corrected chi connectivity index (χ3v) is 4.12. The lowest BCUT2D eigenvalue weighted by molar-refractivity contribution is -0.684. The number of amides is 2. The van der Waals surface area contributed by atoms with Crippen LogP contribution in [0.2, 0.25) is 0 Å². The van der Waals surface area contributed by atoms with Gasteiger partial charge in [0.1, 0.15) is 5.60 Å². The Hall–Kier alpha value is -2.76. The summed E-state index contributed by atoms with van der Waals surface area (Å²) in [6.07, 6.45) is 5.80. The van der Waals surface area contributed by atoms with E-state index < -0.39 is 11.7 Å². The fourth-order valence-electron chi connectivity index (χ4n) is 2.57. The van der Waals surface area contributed by atoms with E-state index >= 15 is 0 Å². The van der Waals surface area contributed by atoms with E-state index in [1.54, 1.807) is 29.1 Å². The minimum absolute atomic E-state index is 0.0856. The Labute approximate surface area is 201 Å². The summed E-state index contributed by atoms with van der Waals surface area (Å²) in [4.78, 5) is 23.4. The van der Waals surface area contributed by atoms with Gasteiger partial charge in [0.2, 0.25) is 6.54 Å². The van der Waals surface area contributed by atoms with Crippen LogP contribution < -0.4 is 15.2 Å². The van der Waals surface area contributed by atoms with Gasteiger partial charge in [0, 0.05) is 44.0 Å². The number of hydrogen-bond acceptors (Lipinski definition) is 8. The summed E-state index contributed by atoms with van der Waals surface area (Å²) in [7, 11) is 0. The number of alkyl carbamates (subject to hydrolysis) is 1. The number of hydrogen-bond donors (Lipinski definition) is 3. The van der Waals surface area contributed by atoms with Crippen LogP contribution in [0.25, 0.3) is 0 Å². The smallest absolute Gasteiger partial charge is 0.407 e. The molecule has 0 aliphatic carbocycles. The molecule has 11 nitrogen and oxygen atoms in total. The number of carbonyl (C=O) groups is 2. The lowest BCUT2D eigenvalue weighted by atomic mass is 10.2. The van der Waals surface area contributed by atoms with E-state index in [4.69, 9.17) is 24.2 Å². The van der Waals surface area contributed by atoms with Gasteiger partial charge < -0.3 is 34.8 Å². The van der Waals surface area contributed by atoms with Crippen molar-refractivity contribution in [1.29, 1.82) is 0 Å². The first kappa shape index (κ1) is 29.3. The van der Waals surface area contributed by atoms with Gasteiger partial charge in [0.05, 0.1) is 32.6 Å². The van der Waals surface area contributed by atoms with Crippen molar-refractivity contribution in [3.05, 3.63) is 30.1 Å². The van der Waals surface area contributed by atoms with Crippen molar-refractivity contribution in [3.8, 4) is 0 Å². The number of oxime groups is 1. The molecule has 192 valence electrons. The molecule has 1 aromatic heterocycles. The van der Waals surface area contributed by atoms with Gasteiger partial charge in [-0.05, 0) is 33.6 Å². The molecule has 0 radical (unpaired) electrons. The van der Waals surface area contributed by atoms with Gasteiger partial charge in [-0.15, -0.1) is 0 Å². The molecule has 0 saturated heterocycles. The summed E-state index contributed by atoms with van der Waals surface area (Å²) in [5.41, 5.74) is 0.251. The van der Waals surface area contributed by atoms with Crippen LogP contribution in [0.5, 0.6) is 0 Å². The summed E-state index contributed by atoms with van der Waals surface area (Å²) in [6, 6.07) is 3.50. The molecule has 1 heterocycles. The molecule has 0 unspecified atom stereocenters. The molecule has 0 spiro atoms. The van der Waals surface area contributed by atoms with Crippen LogP contribution in [-0.4, -0.2) is 81.8 Å². The van der Waals surface area contributed by atoms with Crippen LogP contribution in [0, 0.1) is 0 Å². The van der Waals surface area contributed by atoms with Gasteiger partial charge in [0.25, 0.3) is 5.91 Å². The molecule has 34 heavy (non-hydrogen) atoms. The van der Waals surface area contributed by atoms with Gasteiger partial charge in [-0.3, -0.25) is 4.79 Å². The monoisotopic (exact) mass is 483 g/mol. The molecule has 2 amide bonds. The summed E-state index contributed by atoms with van der Waals surface area (Å²) in [5.74, 6) is -0.0856. The predicted octanol–water partition coefficient (Wildman–Crippen LogP) is 1.25. The molecule has 0 bridgehead atoms. The maximum absolute atomic E-state index is 11.9. The third-order valence-electron chi connectivity index (χ3n) is 4.12. The van der Waals surface area contributed by atoms with E-state index in [-0.39, 0.29) is 12.5 Å². The van der Waals surface area contributed by atoms with Crippen molar-refractivity contribution in [1.82, 2.24) is 10.6 Å². The van der Waals surface area contributed by atoms with Crippen molar-refractivity contribution in [2.45, 2.75) is 45.8 Å². The zero-order valence-electron chi connectivity index (χ0n) is 20.5. The van der Waals surface area contributed by atoms with E-state index in [0.29, 0.717) is 65.6 Å². The van der Waals surface area contributed by atoms with Crippen molar-refractivity contribution in [2.24, 2.45) is 5.16 Å². The van der Waals surface area contributed by atoms with E-state index in [9.17, 15) is 9.59 Å². The quantitative estimate of drug-likeness (QED) is 0.0999. The molecular weight excluding hydrogens is 444 g/mol. The van der Waals surface area contributed by atoms with E-state index in [1.165, 1.54) is 6.21 Å². The van der Waals surface area contributed by atoms with Crippen molar-refractivity contribution >= 4 is 18.2 Å². The van der Waals surface area contributed by atoms with Crippen molar-refractivity contribution in [3.63, 3.8) is 0 Å². The molecule has 1 aromatic rings. The minimum Gasteiger partial charge on any atom is -0.444 e. The highest BCUT2D eigenvalue weighted by atomic mass is 16.6. The van der Waals surface area contributed by atoms with Gasteiger partial charge in [-0.1, -0.05) is 5.16 Å². The Morgan fingerprint density at radius 3 is 2.00 bits per heavy atom. The Morgan fingerprint density at radius 2 is 1.47 bits per heavy atom. The fraction of sp³-hybridized carbons (Fsp3) is 0.652. The lowest BCUT2D eigenvalue weighted by Gasteiger charge is -2.19. The zero-order chi connectivity index (χ0) is 25.1. The Bertz CT molecular complexity index is 721. The first-order valence-corrected chi connectivity index (χ1v) is 11.4. The van der Waals surface area contributed by atoms with Crippen LogP contribution in [0.4, 0.5) is 4.79 Å². The predicted molar refractivity (Wildman–Crippen MR) is 125 cm³/mol. The Kier molecular flexibility index (Phi) is 15.2. The average Bonchev–Trinajstić information content (AvgIpc) is 2.76. The van der Waals surface area contributed by atoms with Crippen LogP contribution >= 0.6 is 0 Å². The Balaban J connectivity index is 1.85. The zero-order valence-corrected chi connectivity index (χ0v) is 20.5. The highest BCUT2D eigenvalue weighted by Crippen LogP contribution is 2.06. The van der Waals surface area contributed by atoms with Crippen LogP contribution in [0.3, 0.4) is 0 Å². The Morgan fingerprint density at radius 1 is 0.941 bits per heavy atom. The largest absolute Gasteiger partial charge is 0.444 e. The summed E-state index contributed by atoms with van der Waals surface area (Å²) in [6.45, 7) is 9.69. The molecule has 11 heteroatoms. The van der Waals surface area contributed by atoms with Crippen LogP contribution in [-0.2, 0) is 30.3 Å². The van der Waals surface area contributed by atoms with E-state index in [0.717, 1.165) is 5.56 Å². The summed E-state index contributed by atoms with van der Waals surface area (Å²) >= 11 is 0. The average molecular weight is 484 g/mol. The minimum atomic E-state index is -0.497. The molecule has 0 aliphatic rings. The third kappa shape index (κ3) is 16.8. The molecule has 0 aliphatic heterocycles. The molecule has 3 N–H and O–H groups in total. The lowest BCUT2D eigenvalue weighted by Crippen LogP contribution is -2.42. The second-order valence-electron chi connectivity index (χ2n) is 8.37. The highest BCUT2D eigenvalue weighted by Gasteiger charge is 2.15. The van der Waals surface area contributed by atoms with Gasteiger partial charge in [0.15, 0.2) is 12.4 Å². The van der Waals surface area contributed by atoms with E-state index in [1.807, 2.05) is 20.8 Å². The highest BCUT2D eigenvalue weighted by molar-refractivity contribution is 5.78. The molecular formula is C23H39N4O7+. The number of ether oxygens (including phenoxy) is 4. The molecule has 0 atom stereocenters. The maximum atomic E-state index is 11.9. The van der Waals surface area contributed by atoms with Gasteiger partial charge in [-0.2, -0.15) is 4.57 Å². The topological polar surface area (TPSA) is 132 Å². The first-order chi connectivity index (χ1) is 16.3. The van der Waals surface area contributed by atoms with Crippen molar-refractivity contribution < 1.29 is 38.3 Å². The second kappa shape index (κ2) is 17.7. The summed E-state index contributed by atoms with van der Waals surface area (Å²) < 4.78 is 23.2. The second-order valence-corrected chi connectivity index (χ2v) is 8.37. The standard InChI is InChI=1S/C23H38N4O7/c1-23(2,3)34-22(29)25-9-5-13-32-15-17-33-16-14-31-12-4-8-24-21(28)19-27-10-6-20(7-11-27)18-26-30/h6-7,10-11,18H,4-5,8-9,12-17,19H2,1-3H3,(H2,24,25,28,29)/p+1. The number of aromatic nitrogens is 1. The normalized spacial score (nSPS) is 11.5. The van der Waals surface area contributed by atoms with Gasteiger partial charge in [-0.25, -0.2) is 4.79 Å². The number of pyridine rings is 1. The molecule has 0 fully saturated rings. The number of nitrogens with zero attached hydrogens (tertiary/aromatic N) is 2. The molecule has 0 saturated carbocycles. The maximum Gasteiger partial charge on any atom is 0.407 e. The van der Waals surface area contributed by atoms with Gasteiger partial charge >= 0.3 is 6.09 Å². The van der Waals surface area contributed by atoms with Crippen molar-refractivity contribution in [2.75, 3.05) is 52.7 Å². The first-order valence-electron chi connectivity index (χ1n) is 11.4. The fourth-order valence-corrected chi connectivity index (χ4v) is 2.57. The molecule has 1 rings (SSSR count).